The van der Waals surface area contributed by atoms with Crippen LogP contribution in [-0.4, -0.2) is 54.2 Å². The number of aliphatic carboxylic acids is 1. The first-order valence-electron chi connectivity index (χ1n) is 11.9. The Morgan fingerprint density at radius 2 is 1.74 bits per heavy atom. The minimum Gasteiger partial charge on any atom is -0.481 e. The van der Waals surface area contributed by atoms with Gasteiger partial charge in [0.05, 0.1) is 5.41 Å². The molecule has 34 heavy (non-hydrogen) atoms. The molecule has 0 spiro atoms. The molecular weight excluding hydrogens is 432 g/mol. The van der Waals surface area contributed by atoms with Crippen molar-refractivity contribution in [2.75, 3.05) is 26.2 Å². The Kier molecular flexibility index (Phi) is 6.91. The van der Waals surface area contributed by atoms with Gasteiger partial charge in [0.25, 0.3) is 0 Å². The van der Waals surface area contributed by atoms with E-state index >= 15 is 0 Å². The molecule has 180 valence electrons. The van der Waals surface area contributed by atoms with Crippen LogP contribution in [0.3, 0.4) is 0 Å². The predicted molar refractivity (Wildman–Crippen MR) is 128 cm³/mol. The molecule has 2 unspecified atom stereocenters. The van der Waals surface area contributed by atoms with E-state index < -0.39 is 17.5 Å². The van der Waals surface area contributed by atoms with Crippen LogP contribution >= 0.6 is 0 Å². The molecular formula is C27H32N2O5. The Balaban J connectivity index is 1.20. The highest BCUT2D eigenvalue weighted by Crippen LogP contribution is 2.44. The van der Waals surface area contributed by atoms with Crippen LogP contribution in [-0.2, 0) is 14.3 Å². The SMILES string of the molecule is CC(CCCNC(=O)OCC1c2ccccc2-c2ccccc21)C(=O)N1CCC(C)(C(=O)O)C1. The molecule has 2 atom stereocenters. The van der Waals surface area contributed by atoms with Crippen LogP contribution in [0.2, 0.25) is 0 Å². The maximum absolute atomic E-state index is 12.7. The second-order valence-corrected chi connectivity index (χ2v) is 9.67. The summed E-state index contributed by atoms with van der Waals surface area (Å²) in [6.07, 6.45) is 1.27. The van der Waals surface area contributed by atoms with E-state index in [4.69, 9.17) is 4.74 Å². The van der Waals surface area contributed by atoms with Gasteiger partial charge < -0.3 is 20.1 Å². The molecule has 2 N–H and O–H groups in total. The number of fused-ring (bicyclic) bond motifs is 3. The van der Waals surface area contributed by atoms with Crippen molar-refractivity contribution in [3.63, 3.8) is 0 Å². The monoisotopic (exact) mass is 464 g/mol. The molecule has 4 rings (SSSR count). The first-order valence-corrected chi connectivity index (χ1v) is 11.9. The first kappa shape index (κ1) is 23.8. The largest absolute Gasteiger partial charge is 0.481 e. The highest BCUT2D eigenvalue weighted by molar-refractivity contribution is 5.82. The van der Waals surface area contributed by atoms with Crippen molar-refractivity contribution in [1.82, 2.24) is 10.2 Å². The van der Waals surface area contributed by atoms with E-state index in [0.717, 1.165) is 0 Å². The topological polar surface area (TPSA) is 95.9 Å². The van der Waals surface area contributed by atoms with Gasteiger partial charge in [0.15, 0.2) is 0 Å². The Bertz CT molecular complexity index is 1040. The van der Waals surface area contributed by atoms with Gasteiger partial charge in [-0.15, -0.1) is 0 Å². The third-order valence-corrected chi connectivity index (χ3v) is 7.15. The number of ether oxygens (including phenoxy) is 1. The molecule has 2 aliphatic rings. The van der Waals surface area contributed by atoms with Crippen molar-refractivity contribution < 1.29 is 24.2 Å². The summed E-state index contributed by atoms with van der Waals surface area (Å²) in [4.78, 5) is 38.0. The van der Waals surface area contributed by atoms with E-state index in [1.54, 1.807) is 11.8 Å². The van der Waals surface area contributed by atoms with Crippen molar-refractivity contribution in [3.8, 4) is 11.1 Å². The number of carboxylic acids is 1. The number of alkyl carbamates (subject to hydrolysis) is 1. The third-order valence-electron chi connectivity index (χ3n) is 7.15. The number of nitrogens with zero attached hydrogens (tertiary/aromatic N) is 1. The number of amides is 2. The Morgan fingerprint density at radius 1 is 1.12 bits per heavy atom. The maximum atomic E-state index is 12.7. The van der Waals surface area contributed by atoms with Crippen molar-refractivity contribution >= 4 is 18.0 Å². The van der Waals surface area contributed by atoms with Crippen molar-refractivity contribution in [2.45, 2.75) is 39.0 Å². The molecule has 1 aliphatic carbocycles. The highest BCUT2D eigenvalue weighted by atomic mass is 16.5. The van der Waals surface area contributed by atoms with E-state index in [2.05, 4.69) is 29.6 Å². The summed E-state index contributed by atoms with van der Waals surface area (Å²) in [7, 11) is 0. The average molecular weight is 465 g/mol. The molecule has 2 aromatic carbocycles. The smallest absolute Gasteiger partial charge is 0.407 e. The van der Waals surface area contributed by atoms with E-state index in [0.29, 0.717) is 32.4 Å². The molecule has 1 fully saturated rings. The minimum atomic E-state index is -0.860. The van der Waals surface area contributed by atoms with Crippen LogP contribution in [0.15, 0.2) is 48.5 Å². The van der Waals surface area contributed by atoms with Gasteiger partial charge >= 0.3 is 12.1 Å². The molecule has 1 heterocycles. The number of rotatable bonds is 8. The summed E-state index contributed by atoms with van der Waals surface area (Å²) in [5.74, 6) is -1.08. The fourth-order valence-corrected chi connectivity index (χ4v) is 5.01. The molecule has 7 heteroatoms. The van der Waals surface area contributed by atoms with Crippen LogP contribution in [0.5, 0.6) is 0 Å². The Morgan fingerprint density at radius 3 is 2.32 bits per heavy atom. The number of hydrogen-bond acceptors (Lipinski definition) is 4. The Hall–Kier alpha value is -3.35. The molecule has 0 saturated carbocycles. The fraction of sp³-hybridized carbons (Fsp3) is 0.444. The molecule has 0 aromatic heterocycles. The summed E-state index contributed by atoms with van der Waals surface area (Å²) in [6.45, 7) is 4.96. The lowest BCUT2D eigenvalue weighted by Gasteiger charge is -2.23. The molecule has 0 bridgehead atoms. The van der Waals surface area contributed by atoms with Crippen LogP contribution in [0.1, 0.15) is 50.2 Å². The van der Waals surface area contributed by atoms with Gasteiger partial charge in [-0.05, 0) is 48.4 Å². The number of carboxylic acid groups (broad SMARTS) is 1. The van der Waals surface area contributed by atoms with Gasteiger partial charge in [-0.3, -0.25) is 9.59 Å². The lowest BCUT2D eigenvalue weighted by Crippen LogP contribution is -2.37. The molecule has 1 aliphatic heterocycles. The van der Waals surface area contributed by atoms with E-state index in [1.807, 2.05) is 31.2 Å². The van der Waals surface area contributed by atoms with Gasteiger partial charge in [-0.1, -0.05) is 55.5 Å². The average Bonchev–Trinajstić information content (AvgIpc) is 3.39. The molecule has 0 radical (unpaired) electrons. The van der Waals surface area contributed by atoms with Crippen LogP contribution in [0, 0.1) is 11.3 Å². The van der Waals surface area contributed by atoms with E-state index in [9.17, 15) is 19.5 Å². The second kappa shape index (κ2) is 9.87. The number of likely N-dealkylation sites (tertiary alicyclic amines) is 1. The quantitative estimate of drug-likeness (QED) is 0.569. The van der Waals surface area contributed by atoms with Gasteiger partial charge in [0, 0.05) is 31.5 Å². The Labute approximate surface area is 200 Å². The normalized spacial score (nSPS) is 19.9. The van der Waals surface area contributed by atoms with Gasteiger partial charge in [-0.2, -0.15) is 0 Å². The van der Waals surface area contributed by atoms with E-state index in [-0.39, 0.29) is 30.9 Å². The summed E-state index contributed by atoms with van der Waals surface area (Å²) < 4.78 is 5.54. The maximum Gasteiger partial charge on any atom is 0.407 e. The second-order valence-electron chi connectivity index (χ2n) is 9.67. The first-order chi connectivity index (χ1) is 16.3. The summed E-state index contributed by atoms with van der Waals surface area (Å²) in [5.41, 5.74) is 3.86. The lowest BCUT2D eigenvalue weighted by molar-refractivity contribution is -0.147. The number of nitrogens with one attached hydrogen (secondary N) is 1. The van der Waals surface area contributed by atoms with Crippen LogP contribution in [0.4, 0.5) is 4.79 Å². The highest BCUT2D eigenvalue weighted by Gasteiger charge is 2.42. The fourth-order valence-electron chi connectivity index (χ4n) is 5.01. The predicted octanol–water partition coefficient (Wildman–Crippen LogP) is 4.26. The summed E-state index contributed by atoms with van der Waals surface area (Å²) in [5, 5.41) is 12.1. The molecule has 2 amide bonds. The lowest BCUT2D eigenvalue weighted by atomic mass is 9.90. The van der Waals surface area contributed by atoms with Crippen LogP contribution in [0.25, 0.3) is 11.1 Å². The zero-order chi connectivity index (χ0) is 24.3. The standard InChI is InChI=1S/C27H32N2O5/c1-18(24(30)29-15-13-27(2,17-29)25(31)32)8-7-14-28-26(33)34-16-23-21-11-5-3-9-19(21)20-10-4-6-12-22(20)23/h3-6,9-12,18,23H,7-8,13-17H2,1-2H3,(H,28,33)(H,31,32). The minimum absolute atomic E-state index is 0.0211. The van der Waals surface area contributed by atoms with Crippen molar-refractivity contribution in [3.05, 3.63) is 59.7 Å². The van der Waals surface area contributed by atoms with Crippen LogP contribution < -0.4 is 5.32 Å². The molecule has 2 aromatic rings. The number of benzene rings is 2. The number of carbonyl (C=O) groups is 3. The zero-order valence-electron chi connectivity index (χ0n) is 19.8. The summed E-state index contributed by atoms with van der Waals surface area (Å²) >= 11 is 0. The van der Waals surface area contributed by atoms with Gasteiger partial charge in [0.2, 0.25) is 5.91 Å². The van der Waals surface area contributed by atoms with Gasteiger partial charge in [-0.25, -0.2) is 4.79 Å². The number of carbonyl (C=O) groups excluding carboxylic acids is 2. The third kappa shape index (κ3) is 4.79. The molecule has 1 saturated heterocycles. The zero-order valence-corrected chi connectivity index (χ0v) is 19.8. The van der Waals surface area contributed by atoms with Crippen molar-refractivity contribution in [1.29, 1.82) is 0 Å². The number of hydrogen-bond donors (Lipinski definition) is 2. The summed E-state index contributed by atoms with van der Waals surface area (Å²) in [6, 6.07) is 16.4. The van der Waals surface area contributed by atoms with E-state index in [1.165, 1.54) is 22.3 Å². The van der Waals surface area contributed by atoms with Crippen molar-refractivity contribution in [2.24, 2.45) is 11.3 Å². The van der Waals surface area contributed by atoms with Gasteiger partial charge in [0.1, 0.15) is 6.61 Å². The molecule has 7 nitrogen and oxygen atoms in total.